The molecule has 1 fully saturated rings. The van der Waals surface area contributed by atoms with Crippen molar-refractivity contribution in [2.24, 2.45) is 0 Å². The number of aliphatic carboxylic acids is 1. The summed E-state index contributed by atoms with van der Waals surface area (Å²) in [6, 6.07) is 6.11. The molecule has 6 heteroatoms. The number of para-hydroxylation sites is 1. The Bertz CT molecular complexity index is 677. The van der Waals surface area contributed by atoms with Crippen LogP contribution >= 0.6 is 0 Å². The van der Waals surface area contributed by atoms with Crippen molar-refractivity contribution in [3.05, 3.63) is 47.9 Å². The number of piperazine rings is 1. The molecule has 0 saturated carbocycles. The van der Waals surface area contributed by atoms with E-state index in [0.717, 1.165) is 43.1 Å². The molecule has 0 unspecified atom stereocenters. The Morgan fingerprint density at radius 3 is 2.77 bits per heavy atom. The molecule has 2 N–H and O–H groups in total. The Kier molecular flexibility index (Phi) is 3.13. The molecule has 1 aromatic carbocycles. The van der Waals surface area contributed by atoms with E-state index in [1.807, 2.05) is 29.4 Å². The van der Waals surface area contributed by atoms with Gasteiger partial charge in [-0.25, -0.2) is 9.80 Å². The molecule has 3 aliphatic rings. The maximum Gasteiger partial charge on any atom is 0.333 e. The van der Waals surface area contributed by atoms with E-state index in [1.54, 1.807) is 6.20 Å². The number of nitrogens with zero attached hydrogens (tertiary/aromatic N) is 3. The fraction of sp³-hybridized carbons (Fsp3) is 0.312. The van der Waals surface area contributed by atoms with Crippen molar-refractivity contribution in [1.29, 1.82) is 0 Å². The summed E-state index contributed by atoms with van der Waals surface area (Å²) in [5, 5.41) is 17.1. The predicted molar refractivity (Wildman–Crippen MR) is 84.4 cm³/mol. The Morgan fingerprint density at radius 1 is 1.18 bits per heavy atom. The van der Waals surface area contributed by atoms with Gasteiger partial charge in [-0.15, -0.1) is 0 Å². The standard InChI is InChI=1S/C16H18N4O2/c21-16(22)13-10-12-2-1-3-14-15(12)18(11-13)8-9-20(14)19-6-4-17-5-7-19/h1-3,8-9,11,17H,4-7,10H2,(H,21,22). The van der Waals surface area contributed by atoms with Crippen molar-refractivity contribution in [3.8, 4) is 0 Å². The molecule has 0 atom stereocenters. The van der Waals surface area contributed by atoms with Gasteiger partial charge < -0.3 is 15.3 Å². The van der Waals surface area contributed by atoms with E-state index >= 15 is 0 Å². The maximum absolute atomic E-state index is 11.3. The van der Waals surface area contributed by atoms with Crippen molar-refractivity contribution < 1.29 is 9.90 Å². The minimum atomic E-state index is -0.853. The first kappa shape index (κ1) is 13.4. The Labute approximate surface area is 128 Å². The van der Waals surface area contributed by atoms with Gasteiger partial charge >= 0.3 is 5.97 Å². The van der Waals surface area contributed by atoms with Crippen LogP contribution in [0, 0.1) is 0 Å². The number of hydrazine groups is 1. The molecule has 1 aromatic rings. The van der Waals surface area contributed by atoms with E-state index in [2.05, 4.69) is 21.4 Å². The van der Waals surface area contributed by atoms with Crippen LogP contribution < -0.4 is 15.2 Å². The summed E-state index contributed by atoms with van der Waals surface area (Å²) in [6.45, 7) is 3.88. The summed E-state index contributed by atoms with van der Waals surface area (Å²) in [6.07, 6.45) is 6.15. The zero-order chi connectivity index (χ0) is 15.1. The van der Waals surface area contributed by atoms with E-state index in [1.165, 1.54) is 0 Å². The van der Waals surface area contributed by atoms with Gasteiger partial charge in [0.15, 0.2) is 0 Å². The van der Waals surface area contributed by atoms with Gasteiger partial charge in [0.05, 0.1) is 16.9 Å². The third-order valence-electron chi connectivity index (χ3n) is 4.32. The minimum absolute atomic E-state index is 0.421. The monoisotopic (exact) mass is 298 g/mol. The number of carbonyl (C=O) groups is 1. The zero-order valence-electron chi connectivity index (χ0n) is 12.2. The van der Waals surface area contributed by atoms with E-state index in [4.69, 9.17) is 0 Å². The molecule has 0 spiro atoms. The van der Waals surface area contributed by atoms with Crippen LogP contribution in [-0.4, -0.2) is 42.3 Å². The molecular formula is C16H18N4O2. The number of benzene rings is 1. The average Bonchev–Trinajstić information content (AvgIpc) is 2.56. The summed E-state index contributed by atoms with van der Waals surface area (Å²) in [4.78, 5) is 13.2. The lowest BCUT2D eigenvalue weighted by Gasteiger charge is -2.42. The van der Waals surface area contributed by atoms with Gasteiger partial charge in [-0.3, -0.25) is 5.01 Å². The summed E-state index contributed by atoms with van der Waals surface area (Å²) in [5.41, 5.74) is 3.68. The predicted octanol–water partition coefficient (Wildman–Crippen LogP) is 1.13. The fourth-order valence-electron chi connectivity index (χ4n) is 3.27. The number of hydrogen-bond donors (Lipinski definition) is 2. The zero-order valence-corrected chi connectivity index (χ0v) is 12.2. The maximum atomic E-state index is 11.3. The van der Waals surface area contributed by atoms with Crippen LogP contribution in [0.2, 0.25) is 0 Å². The van der Waals surface area contributed by atoms with Crippen LogP contribution in [0.1, 0.15) is 5.56 Å². The first-order valence-corrected chi connectivity index (χ1v) is 7.51. The summed E-state index contributed by atoms with van der Waals surface area (Å²) in [7, 11) is 0. The third-order valence-corrected chi connectivity index (χ3v) is 4.32. The minimum Gasteiger partial charge on any atom is -0.478 e. The van der Waals surface area contributed by atoms with Gasteiger partial charge in [0.25, 0.3) is 0 Å². The van der Waals surface area contributed by atoms with E-state index in [0.29, 0.717) is 12.0 Å². The van der Waals surface area contributed by atoms with Crippen molar-refractivity contribution in [2.45, 2.75) is 6.42 Å². The number of nitrogens with one attached hydrogen (secondary N) is 1. The molecular weight excluding hydrogens is 280 g/mol. The lowest BCUT2D eigenvalue weighted by molar-refractivity contribution is -0.132. The molecule has 3 aliphatic heterocycles. The van der Waals surface area contributed by atoms with Crippen molar-refractivity contribution in [3.63, 3.8) is 0 Å². The van der Waals surface area contributed by atoms with E-state index < -0.39 is 5.97 Å². The highest BCUT2D eigenvalue weighted by Gasteiger charge is 2.29. The van der Waals surface area contributed by atoms with Gasteiger partial charge in [-0.05, 0) is 11.6 Å². The number of anilines is 2. The molecule has 4 rings (SSSR count). The molecule has 22 heavy (non-hydrogen) atoms. The summed E-state index contributed by atoms with van der Waals surface area (Å²) < 4.78 is 0. The Balaban J connectivity index is 1.75. The van der Waals surface area contributed by atoms with Gasteiger partial charge in [0.2, 0.25) is 0 Å². The van der Waals surface area contributed by atoms with Crippen molar-refractivity contribution in [2.75, 3.05) is 36.1 Å². The first-order chi connectivity index (χ1) is 10.7. The largest absolute Gasteiger partial charge is 0.478 e. The summed E-state index contributed by atoms with van der Waals surface area (Å²) >= 11 is 0. The van der Waals surface area contributed by atoms with E-state index in [9.17, 15) is 9.90 Å². The SMILES string of the molecule is O=C(O)C1=CN2C=CN(N3CCNCC3)c3cccc(c32)C1. The lowest BCUT2D eigenvalue weighted by Crippen LogP contribution is -2.51. The third kappa shape index (κ3) is 2.08. The van der Waals surface area contributed by atoms with Gasteiger partial charge in [0.1, 0.15) is 0 Å². The Hall–Kier alpha value is -2.31. The molecule has 0 amide bonds. The van der Waals surface area contributed by atoms with Crippen LogP contribution in [0.3, 0.4) is 0 Å². The van der Waals surface area contributed by atoms with Crippen LogP contribution in [-0.2, 0) is 11.2 Å². The molecule has 3 heterocycles. The highest BCUT2D eigenvalue weighted by atomic mass is 16.4. The second-order valence-electron chi connectivity index (χ2n) is 5.67. The quantitative estimate of drug-likeness (QED) is 0.853. The smallest absolute Gasteiger partial charge is 0.333 e. The number of hydrogen-bond acceptors (Lipinski definition) is 5. The molecule has 0 radical (unpaired) electrons. The van der Waals surface area contributed by atoms with Crippen LogP contribution in [0.15, 0.2) is 42.4 Å². The van der Waals surface area contributed by atoms with Crippen molar-refractivity contribution >= 4 is 17.3 Å². The second kappa shape index (κ2) is 5.15. The van der Waals surface area contributed by atoms with Gasteiger partial charge in [-0.1, -0.05) is 12.1 Å². The number of carboxylic acids is 1. The Morgan fingerprint density at radius 2 is 2.00 bits per heavy atom. The van der Waals surface area contributed by atoms with E-state index in [-0.39, 0.29) is 0 Å². The molecule has 0 aliphatic carbocycles. The highest BCUT2D eigenvalue weighted by Crippen LogP contribution is 2.41. The normalized spacial score (nSPS) is 20.6. The van der Waals surface area contributed by atoms with Gasteiger partial charge in [0, 0.05) is 51.2 Å². The number of carboxylic acid groups (broad SMARTS) is 1. The van der Waals surface area contributed by atoms with Crippen LogP contribution in [0.25, 0.3) is 0 Å². The average molecular weight is 298 g/mol. The van der Waals surface area contributed by atoms with Gasteiger partial charge in [-0.2, -0.15) is 0 Å². The van der Waals surface area contributed by atoms with Crippen LogP contribution in [0.4, 0.5) is 11.4 Å². The fourth-order valence-corrected chi connectivity index (χ4v) is 3.27. The number of rotatable bonds is 2. The summed E-state index contributed by atoms with van der Waals surface area (Å²) in [5.74, 6) is -0.853. The first-order valence-electron chi connectivity index (χ1n) is 7.51. The molecule has 114 valence electrons. The topological polar surface area (TPSA) is 59.1 Å². The molecule has 6 nitrogen and oxygen atoms in total. The highest BCUT2D eigenvalue weighted by molar-refractivity contribution is 5.92. The lowest BCUT2D eigenvalue weighted by atomic mass is 9.98. The molecule has 0 bridgehead atoms. The van der Waals surface area contributed by atoms with Crippen LogP contribution in [0.5, 0.6) is 0 Å². The second-order valence-corrected chi connectivity index (χ2v) is 5.67. The van der Waals surface area contributed by atoms with Crippen molar-refractivity contribution in [1.82, 2.24) is 10.3 Å². The molecule has 0 aromatic heterocycles. The molecule has 1 saturated heterocycles.